The number of rotatable bonds is 3. The Balaban J connectivity index is 2.38. The first-order chi connectivity index (χ1) is 7.24. The third-order valence-electron chi connectivity index (χ3n) is 1.65. The average molecular weight is 240 g/mol. The van der Waals surface area contributed by atoms with Gasteiger partial charge in [-0.2, -0.15) is 0 Å². The van der Waals surface area contributed by atoms with Crippen LogP contribution in [0.4, 0.5) is 0 Å². The van der Waals surface area contributed by atoms with E-state index in [1.54, 1.807) is 6.92 Å². The van der Waals surface area contributed by atoms with Crippen LogP contribution < -0.4 is 0 Å². The number of thioether (sulfide) groups is 1. The summed E-state index contributed by atoms with van der Waals surface area (Å²) in [4.78, 5) is 11.2. The molecule has 0 aliphatic carbocycles. The van der Waals surface area contributed by atoms with Gasteiger partial charge in [-0.25, -0.2) is 4.79 Å². The SMILES string of the molecule is CCOC(=O)C(=S)SCc1ccccc1. The van der Waals surface area contributed by atoms with Gasteiger partial charge in [0.25, 0.3) is 0 Å². The largest absolute Gasteiger partial charge is 0.461 e. The van der Waals surface area contributed by atoms with E-state index in [4.69, 9.17) is 17.0 Å². The molecule has 0 fully saturated rings. The van der Waals surface area contributed by atoms with Crippen molar-refractivity contribution in [3.63, 3.8) is 0 Å². The summed E-state index contributed by atoms with van der Waals surface area (Å²) in [5.74, 6) is 0.312. The molecule has 0 amide bonds. The first kappa shape index (κ1) is 12.2. The van der Waals surface area contributed by atoms with Gasteiger partial charge in [-0.1, -0.05) is 42.5 Å². The average Bonchev–Trinajstić information content (AvgIpc) is 2.27. The van der Waals surface area contributed by atoms with Crippen molar-refractivity contribution in [1.29, 1.82) is 0 Å². The second-order valence-electron chi connectivity index (χ2n) is 2.78. The normalized spacial score (nSPS) is 9.67. The minimum Gasteiger partial charge on any atom is -0.461 e. The molecule has 0 saturated carbocycles. The molecule has 0 spiro atoms. The van der Waals surface area contributed by atoms with E-state index in [1.807, 2.05) is 30.3 Å². The maximum atomic E-state index is 11.2. The summed E-state index contributed by atoms with van der Waals surface area (Å²) >= 11 is 6.26. The molecule has 0 N–H and O–H groups in total. The molecule has 0 radical (unpaired) electrons. The van der Waals surface area contributed by atoms with Crippen molar-refractivity contribution in [1.82, 2.24) is 0 Å². The molecule has 0 heterocycles. The zero-order valence-electron chi connectivity index (χ0n) is 8.43. The Morgan fingerprint density at radius 3 is 2.67 bits per heavy atom. The molecule has 2 nitrogen and oxygen atoms in total. The van der Waals surface area contributed by atoms with Crippen LogP contribution >= 0.6 is 24.0 Å². The molecule has 0 aliphatic heterocycles. The summed E-state index contributed by atoms with van der Waals surface area (Å²) in [5.41, 5.74) is 1.15. The van der Waals surface area contributed by atoms with E-state index in [-0.39, 0.29) is 0 Å². The molecule has 1 aromatic rings. The zero-order valence-corrected chi connectivity index (χ0v) is 10.1. The van der Waals surface area contributed by atoms with E-state index in [1.165, 1.54) is 11.8 Å². The lowest BCUT2D eigenvalue weighted by Crippen LogP contribution is -2.12. The van der Waals surface area contributed by atoms with Gasteiger partial charge in [0.05, 0.1) is 6.61 Å². The Kier molecular flexibility index (Phi) is 5.36. The highest BCUT2D eigenvalue weighted by Crippen LogP contribution is 2.14. The molecule has 80 valence electrons. The van der Waals surface area contributed by atoms with Crippen molar-refractivity contribution < 1.29 is 9.53 Å². The third kappa shape index (κ3) is 4.44. The van der Waals surface area contributed by atoms with Crippen LogP contribution in [0.15, 0.2) is 30.3 Å². The smallest absolute Gasteiger partial charge is 0.355 e. The van der Waals surface area contributed by atoms with E-state index >= 15 is 0 Å². The minimum atomic E-state index is -0.395. The predicted octanol–water partition coefficient (Wildman–Crippen LogP) is 2.81. The van der Waals surface area contributed by atoms with Crippen LogP contribution in [0.25, 0.3) is 0 Å². The molecule has 0 aromatic heterocycles. The molecular formula is C11H12O2S2. The summed E-state index contributed by atoms with van der Waals surface area (Å²) in [6.07, 6.45) is 0. The van der Waals surface area contributed by atoms with Crippen LogP contribution in [0.5, 0.6) is 0 Å². The zero-order chi connectivity index (χ0) is 11.1. The molecule has 0 saturated heterocycles. The van der Waals surface area contributed by atoms with Crippen LogP contribution in [-0.2, 0) is 15.3 Å². The van der Waals surface area contributed by atoms with Crippen molar-refractivity contribution in [2.45, 2.75) is 12.7 Å². The van der Waals surface area contributed by atoms with Crippen molar-refractivity contribution in [3.8, 4) is 0 Å². The molecule has 0 bridgehead atoms. The number of thiocarbonyl (C=S) groups is 1. The second kappa shape index (κ2) is 6.58. The van der Waals surface area contributed by atoms with Gasteiger partial charge in [0.15, 0.2) is 4.20 Å². The topological polar surface area (TPSA) is 26.3 Å². The minimum absolute atomic E-state index is 0.292. The fourth-order valence-corrected chi connectivity index (χ4v) is 1.87. The maximum Gasteiger partial charge on any atom is 0.355 e. The molecule has 15 heavy (non-hydrogen) atoms. The van der Waals surface area contributed by atoms with Gasteiger partial charge in [0, 0.05) is 5.75 Å². The Labute approximate surface area is 99.0 Å². The molecule has 1 aromatic carbocycles. The van der Waals surface area contributed by atoms with E-state index < -0.39 is 5.97 Å². The van der Waals surface area contributed by atoms with Crippen LogP contribution in [-0.4, -0.2) is 16.8 Å². The van der Waals surface area contributed by atoms with E-state index in [0.717, 1.165) is 5.56 Å². The van der Waals surface area contributed by atoms with Gasteiger partial charge in [0.2, 0.25) is 0 Å². The van der Waals surface area contributed by atoms with Crippen molar-refractivity contribution in [2.24, 2.45) is 0 Å². The highest BCUT2D eigenvalue weighted by Gasteiger charge is 2.10. The summed E-state index contributed by atoms with van der Waals surface area (Å²) < 4.78 is 5.08. The van der Waals surface area contributed by atoms with E-state index in [2.05, 4.69) is 0 Å². The summed E-state index contributed by atoms with van der Waals surface area (Å²) in [6.45, 7) is 2.13. The van der Waals surface area contributed by atoms with Gasteiger partial charge in [-0.3, -0.25) is 0 Å². The van der Waals surface area contributed by atoms with Gasteiger partial charge < -0.3 is 4.74 Å². The number of ether oxygens (including phenoxy) is 1. The number of hydrogen-bond acceptors (Lipinski definition) is 4. The standard InChI is InChI=1S/C11H12O2S2/c1-2-13-10(12)11(14)15-8-9-6-4-3-5-7-9/h3-7H,2,8H2,1H3. The van der Waals surface area contributed by atoms with E-state index in [0.29, 0.717) is 16.6 Å². The molecule has 4 heteroatoms. The first-order valence-corrected chi connectivity index (χ1v) is 6.01. The Bertz CT molecular complexity index is 336. The van der Waals surface area contributed by atoms with Crippen LogP contribution in [0, 0.1) is 0 Å². The Morgan fingerprint density at radius 2 is 2.07 bits per heavy atom. The number of benzene rings is 1. The lowest BCUT2D eigenvalue weighted by atomic mass is 10.2. The van der Waals surface area contributed by atoms with Crippen LogP contribution in [0.1, 0.15) is 12.5 Å². The first-order valence-electron chi connectivity index (χ1n) is 4.62. The number of hydrogen-bond donors (Lipinski definition) is 0. The summed E-state index contributed by atoms with van der Waals surface area (Å²) in [7, 11) is 0. The highest BCUT2D eigenvalue weighted by molar-refractivity contribution is 8.24. The van der Waals surface area contributed by atoms with Gasteiger partial charge in [-0.15, -0.1) is 11.8 Å². The van der Waals surface area contributed by atoms with Crippen molar-refractivity contribution >= 4 is 34.1 Å². The molecular weight excluding hydrogens is 228 g/mol. The molecule has 1 rings (SSSR count). The Morgan fingerprint density at radius 1 is 1.40 bits per heavy atom. The summed E-state index contributed by atoms with van der Waals surface area (Å²) in [6, 6.07) is 9.88. The van der Waals surface area contributed by atoms with Gasteiger partial charge in [-0.05, 0) is 12.5 Å². The molecule has 0 aliphatic rings. The number of esters is 1. The fraction of sp³-hybridized carbons (Fsp3) is 0.273. The highest BCUT2D eigenvalue weighted by atomic mass is 32.2. The van der Waals surface area contributed by atoms with Crippen molar-refractivity contribution in [2.75, 3.05) is 6.61 Å². The predicted molar refractivity (Wildman–Crippen MR) is 67.0 cm³/mol. The quantitative estimate of drug-likeness (QED) is 0.599. The maximum absolute atomic E-state index is 11.2. The molecule has 0 unspecified atom stereocenters. The van der Waals surface area contributed by atoms with Gasteiger partial charge in [0.1, 0.15) is 0 Å². The lowest BCUT2D eigenvalue weighted by Gasteiger charge is -2.03. The third-order valence-corrected chi connectivity index (χ3v) is 3.08. The van der Waals surface area contributed by atoms with Gasteiger partial charge >= 0.3 is 5.97 Å². The molecule has 0 atom stereocenters. The fourth-order valence-electron chi connectivity index (χ4n) is 0.972. The van der Waals surface area contributed by atoms with Crippen LogP contribution in [0.2, 0.25) is 0 Å². The second-order valence-corrected chi connectivity index (χ2v) is 4.43. The van der Waals surface area contributed by atoms with Crippen LogP contribution in [0.3, 0.4) is 0 Å². The number of carbonyl (C=O) groups is 1. The van der Waals surface area contributed by atoms with E-state index in [9.17, 15) is 4.79 Å². The Hall–Kier alpha value is -0.870. The van der Waals surface area contributed by atoms with Crippen molar-refractivity contribution in [3.05, 3.63) is 35.9 Å². The number of carbonyl (C=O) groups excluding carboxylic acids is 1. The lowest BCUT2D eigenvalue weighted by molar-refractivity contribution is -0.134. The summed E-state index contributed by atoms with van der Waals surface area (Å²) in [5, 5.41) is 0. The monoisotopic (exact) mass is 240 g/mol.